The zero-order chi connectivity index (χ0) is 34.3. The molecule has 0 aromatic heterocycles. The van der Waals surface area contributed by atoms with Crippen molar-refractivity contribution >= 4 is 29.1 Å². The molecule has 0 aliphatic heterocycles. The van der Waals surface area contributed by atoms with E-state index in [1.807, 2.05) is 12.1 Å². The molecule has 270 valence electrons. The van der Waals surface area contributed by atoms with Crippen LogP contribution in [-0.4, -0.2) is 29.2 Å². The number of azo groups is 1. The summed E-state index contributed by atoms with van der Waals surface area (Å²) in [5, 5.41) is 17.6. The first-order valence-electron chi connectivity index (χ1n) is 19.6. The summed E-state index contributed by atoms with van der Waals surface area (Å²) in [6, 6.07) is 14.6. The van der Waals surface area contributed by atoms with E-state index in [1.165, 1.54) is 139 Å². The van der Waals surface area contributed by atoms with Gasteiger partial charge in [-0.3, -0.25) is 4.79 Å². The first-order chi connectivity index (χ1) is 23.6. The second-order valence-electron chi connectivity index (χ2n) is 13.6. The molecule has 0 aliphatic carbocycles. The number of benzene rings is 2. The van der Waals surface area contributed by atoms with Crippen LogP contribution in [0.1, 0.15) is 166 Å². The number of unbranched alkanes of at least 4 members (excludes halogenated alkanes) is 19. The number of aryl methyl sites for hydroxylation is 2. The van der Waals surface area contributed by atoms with E-state index < -0.39 is 5.97 Å². The van der Waals surface area contributed by atoms with Gasteiger partial charge in [0.1, 0.15) is 5.75 Å². The number of nitrogens with zero attached hydrogens (tertiary/aromatic N) is 2. The van der Waals surface area contributed by atoms with Crippen LogP contribution in [0.15, 0.2) is 52.7 Å². The van der Waals surface area contributed by atoms with E-state index in [2.05, 4.69) is 66.2 Å². The fourth-order valence-corrected chi connectivity index (χ4v) is 7.02. The molecule has 0 radical (unpaired) electrons. The normalized spacial score (nSPS) is 11.5. The molecule has 0 heterocycles. The molecular formula is C42H68N2O3S. The van der Waals surface area contributed by atoms with Gasteiger partial charge in [-0.1, -0.05) is 122 Å². The molecule has 0 fully saturated rings. The van der Waals surface area contributed by atoms with E-state index in [9.17, 15) is 4.79 Å². The maximum absolute atomic E-state index is 10.5. The number of thioether (sulfide) groups is 1. The third kappa shape index (κ3) is 23.1. The average Bonchev–Trinajstić information content (AvgIpc) is 3.08. The van der Waals surface area contributed by atoms with Crippen LogP contribution in [0, 0.1) is 6.92 Å². The molecule has 0 saturated carbocycles. The van der Waals surface area contributed by atoms with Gasteiger partial charge in [0.2, 0.25) is 0 Å². The lowest BCUT2D eigenvalue weighted by Crippen LogP contribution is -1.99. The third-order valence-corrected chi connectivity index (χ3v) is 10.2. The summed E-state index contributed by atoms with van der Waals surface area (Å²) in [7, 11) is 0. The highest BCUT2D eigenvalue weighted by Crippen LogP contribution is 2.26. The molecular weight excluding hydrogens is 613 g/mol. The van der Waals surface area contributed by atoms with E-state index >= 15 is 0 Å². The van der Waals surface area contributed by atoms with Crippen LogP contribution >= 0.6 is 11.8 Å². The Bertz CT molecular complexity index is 1090. The van der Waals surface area contributed by atoms with E-state index in [-0.39, 0.29) is 0 Å². The van der Waals surface area contributed by atoms with Crippen LogP contribution in [-0.2, 0) is 11.2 Å². The summed E-state index contributed by atoms with van der Waals surface area (Å²) in [4.78, 5) is 10.5. The van der Waals surface area contributed by atoms with Gasteiger partial charge in [-0.25, -0.2) is 0 Å². The molecule has 0 aliphatic rings. The van der Waals surface area contributed by atoms with Crippen molar-refractivity contribution in [2.24, 2.45) is 10.2 Å². The van der Waals surface area contributed by atoms with Crippen molar-refractivity contribution in [1.82, 2.24) is 0 Å². The van der Waals surface area contributed by atoms with Gasteiger partial charge in [-0.15, -0.1) is 0 Å². The van der Waals surface area contributed by atoms with Gasteiger partial charge in [0.25, 0.3) is 0 Å². The van der Waals surface area contributed by atoms with Crippen LogP contribution in [0.5, 0.6) is 5.75 Å². The lowest BCUT2D eigenvalue weighted by atomic mass is 10.0. The molecule has 0 amide bonds. The number of aliphatic carboxylic acids is 1. The van der Waals surface area contributed by atoms with Crippen molar-refractivity contribution < 1.29 is 14.6 Å². The quantitative estimate of drug-likeness (QED) is 0.0616. The van der Waals surface area contributed by atoms with Crippen molar-refractivity contribution in [1.29, 1.82) is 0 Å². The number of carbonyl (C=O) groups is 1. The van der Waals surface area contributed by atoms with Crippen molar-refractivity contribution in [3.8, 4) is 5.75 Å². The molecule has 0 bridgehead atoms. The largest absolute Gasteiger partial charge is 0.493 e. The molecule has 2 aromatic rings. The predicted octanol–water partition coefficient (Wildman–Crippen LogP) is 14.1. The number of carboxylic acids is 1. The molecule has 0 unspecified atom stereocenters. The summed E-state index contributed by atoms with van der Waals surface area (Å²) < 4.78 is 6.08. The Hall–Kier alpha value is -2.34. The Morgan fingerprint density at radius 3 is 1.71 bits per heavy atom. The van der Waals surface area contributed by atoms with Crippen LogP contribution in [0.25, 0.3) is 0 Å². The Morgan fingerprint density at radius 1 is 0.625 bits per heavy atom. The number of hydrogen-bond acceptors (Lipinski definition) is 5. The Labute approximate surface area is 298 Å². The van der Waals surface area contributed by atoms with Crippen molar-refractivity contribution in [3.05, 3.63) is 53.6 Å². The average molecular weight is 681 g/mol. The fraction of sp³-hybridized carbons (Fsp3) is 0.690. The lowest BCUT2D eigenvalue weighted by molar-refractivity contribution is -0.137. The standard InChI is InChI=1S/C42H68N2O3S/c1-3-4-5-6-16-20-25-38-27-29-39(30-28-38)43-44-40-31-32-41(37(2)36-40)47-33-22-19-24-35-48-34-23-18-15-13-11-9-7-8-10-12-14-17-21-26-42(45)46/h27-32,36H,3-26,33-35H2,1-2H3,(H,45,46). The van der Waals surface area contributed by atoms with Gasteiger partial charge >= 0.3 is 5.97 Å². The molecule has 6 heteroatoms. The van der Waals surface area contributed by atoms with E-state index in [0.29, 0.717) is 6.42 Å². The first kappa shape index (κ1) is 41.8. The van der Waals surface area contributed by atoms with Crippen LogP contribution in [0.4, 0.5) is 11.4 Å². The van der Waals surface area contributed by atoms with Gasteiger partial charge in [0, 0.05) is 6.42 Å². The predicted molar refractivity (Wildman–Crippen MR) is 208 cm³/mol. The fourth-order valence-electron chi connectivity index (χ4n) is 6.00. The summed E-state index contributed by atoms with van der Waals surface area (Å²) in [5.41, 5.74) is 4.25. The Kier molecular flexibility index (Phi) is 25.8. The zero-order valence-electron chi connectivity index (χ0n) is 30.7. The monoisotopic (exact) mass is 680 g/mol. The summed E-state index contributed by atoms with van der Waals surface area (Å²) in [6.45, 7) is 5.12. The molecule has 5 nitrogen and oxygen atoms in total. The highest BCUT2D eigenvalue weighted by molar-refractivity contribution is 7.99. The molecule has 2 aromatic carbocycles. The highest BCUT2D eigenvalue weighted by Gasteiger charge is 2.03. The summed E-state index contributed by atoms with van der Waals surface area (Å²) in [6.07, 6.45) is 29.7. The SMILES string of the molecule is CCCCCCCCc1ccc(N=Nc2ccc(OCCCCCSCCCCCCCCCCCCCCCC(=O)O)c(C)c2)cc1. The molecule has 0 saturated heterocycles. The van der Waals surface area contributed by atoms with Crippen LogP contribution < -0.4 is 4.74 Å². The third-order valence-electron chi connectivity index (χ3n) is 9.06. The minimum absolute atomic E-state index is 0.331. The van der Waals surface area contributed by atoms with Gasteiger partial charge in [-0.2, -0.15) is 22.0 Å². The molecule has 2 rings (SSSR count). The van der Waals surface area contributed by atoms with Crippen LogP contribution in [0.2, 0.25) is 0 Å². The summed E-state index contributed by atoms with van der Waals surface area (Å²) >= 11 is 2.12. The Morgan fingerprint density at radius 2 is 1.12 bits per heavy atom. The number of hydrogen-bond donors (Lipinski definition) is 1. The maximum atomic E-state index is 10.5. The maximum Gasteiger partial charge on any atom is 0.303 e. The van der Waals surface area contributed by atoms with Gasteiger partial charge < -0.3 is 9.84 Å². The highest BCUT2D eigenvalue weighted by atomic mass is 32.2. The first-order valence-corrected chi connectivity index (χ1v) is 20.8. The number of ether oxygens (including phenoxy) is 1. The number of rotatable bonds is 32. The second-order valence-corrected chi connectivity index (χ2v) is 14.8. The smallest absolute Gasteiger partial charge is 0.303 e. The topological polar surface area (TPSA) is 71.2 Å². The van der Waals surface area contributed by atoms with E-state index in [0.717, 1.165) is 55.0 Å². The molecule has 1 N–H and O–H groups in total. The second kappa shape index (κ2) is 29.6. The zero-order valence-corrected chi connectivity index (χ0v) is 31.5. The minimum Gasteiger partial charge on any atom is -0.493 e. The Balaban J connectivity index is 1.40. The molecule has 0 atom stereocenters. The van der Waals surface area contributed by atoms with Crippen molar-refractivity contribution in [2.45, 2.75) is 168 Å². The van der Waals surface area contributed by atoms with Gasteiger partial charge in [-0.05, 0) is 105 Å². The van der Waals surface area contributed by atoms with Crippen LogP contribution in [0.3, 0.4) is 0 Å². The molecule has 0 spiro atoms. The minimum atomic E-state index is -0.661. The van der Waals surface area contributed by atoms with Gasteiger partial charge in [0.05, 0.1) is 18.0 Å². The number of carboxylic acid groups (broad SMARTS) is 1. The van der Waals surface area contributed by atoms with E-state index in [1.54, 1.807) is 0 Å². The van der Waals surface area contributed by atoms with Crippen molar-refractivity contribution in [3.63, 3.8) is 0 Å². The summed E-state index contributed by atoms with van der Waals surface area (Å²) in [5.74, 6) is 2.85. The van der Waals surface area contributed by atoms with Gasteiger partial charge in [0.15, 0.2) is 0 Å². The molecule has 48 heavy (non-hydrogen) atoms. The van der Waals surface area contributed by atoms with E-state index in [4.69, 9.17) is 9.84 Å². The lowest BCUT2D eigenvalue weighted by Gasteiger charge is -2.09. The van der Waals surface area contributed by atoms with Crippen molar-refractivity contribution in [2.75, 3.05) is 18.1 Å².